The van der Waals surface area contributed by atoms with Gasteiger partial charge in [0.05, 0.1) is 11.0 Å². The van der Waals surface area contributed by atoms with Crippen molar-refractivity contribution in [2.45, 2.75) is 67.1 Å². The van der Waals surface area contributed by atoms with Crippen molar-refractivity contribution in [1.82, 2.24) is 5.06 Å². The molecule has 0 aliphatic carbocycles. The van der Waals surface area contributed by atoms with E-state index in [2.05, 4.69) is 4.74 Å². The topological polar surface area (TPSA) is 65.1 Å². The number of aryl methyl sites for hydroxylation is 3. The molecule has 178 valence electrons. The van der Waals surface area contributed by atoms with E-state index >= 15 is 0 Å². The number of benzene rings is 1. The number of halogens is 3. The first-order valence-electron chi connectivity index (χ1n) is 10.1. The molecule has 32 heavy (non-hydrogen) atoms. The van der Waals surface area contributed by atoms with Crippen LogP contribution < -0.4 is 0 Å². The summed E-state index contributed by atoms with van der Waals surface area (Å²) in [6.07, 6.45) is -4.53. The molecular formula is C23H30F3NO5. The molecule has 1 aliphatic heterocycles. The molecule has 1 heterocycles. The van der Waals surface area contributed by atoms with Crippen LogP contribution in [0.15, 0.2) is 17.9 Å². The standard InChI is InChI=1S/C23H30F3NO5/c1-13-9-14(2)16(15(3)10-13)17-18(32-20(29)21(4,5)6)22(7,8)27(19(17)28)31-12-30-11-23(24,25)26/h9-10H,11-12H2,1-8H3. The van der Waals surface area contributed by atoms with Crippen LogP contribution >= 0.6 is 0 Å². The Labute approximate surface area is 186 Å². The normalized spacial score (nSPS) is 16.7. The van der Waals surface area contributed by atoms with E-state index in [9.17, 15) is 22.8 Å². The van der Waals surface area contributed by atoms with Gasteiger partial charge in [-0.05, 0) is 72.1 Å². The Kier molecular flexibility index (Phi) is 7.16. The SMILES string of the molecule is Cc1cc(C)c(C2=C(OC(=O)C(C)(C)C)C(C)(C)N(OCOCC(F)(F)F)C2=O)c(C)c1. The second-order valence-corrected chi connectivity index (χ2v) is 9.49. The molecule has 0 aromatic heterocycles. The van der Waals surface area contributed by atoms with Gasteiger partial charge < -0.3 is 9.47 Å². The maximum atomic E-state index is 13.4. The Balaban J connectivity index is 2.52. The van der Waals surface area contributed by atoms with Gasteiger partial charge in [-0.25, -0.2) is 9.90 Å². The lowest BCUT2D eigenvalue weighted by Gasteiger charge is -2.32. The number of rotatable bonds is 6. The minimum Gasteiger partial charge on any atom is -0.427 e. The molecule has 0 saturated carbocycles. The van der Waals surface area contributed by atoms with Crippen molar-refractivity contribution in [3.63, 3.8) is 0 Å². The average Bonchev–Trinajstić information content (AvgIpc) is 2.76. The van der Waals surface area contributed by atoms with Crippen molar-refractivity contribution in [1.29, 1.82) is 0 Å². The molecule has 0 unspecified atom stereocenters. The zero-order chi connectivity index (χ0) is 24.6. The van der Waals surface area contributed by atoms with Crippen molar-refractivity contribution in [3.8, 4) is 0 Å². The lowest BCUT2D eigenvalue weighted by atomic mass is 9.91. The molecule has 1 aromatic rings. The monoisotopic (exact) mass is 457 g/mol. The summed E-state index contributed by atoms with van der Waals surface area (Å²) in [6, 6.07) is 3.80. The van der Waals surface area contributed by atoms with Crippen molar-refractivity contribution in [2.75, 3.05) is 13.4 Å². The van der Waals surface area contributed by atoms with E-state index in [0.717, 1.165) is 21.8 Å². The van der Waals surface area contributed by atoms with Crippen LogP contribution in [0.4, 0.5) is 13.2 Å². The van der Waals surface area contributed by atoms with Gasteiger partial charge in [0.25, 0.3) is 5.91 Å². The van der Waals surface area contributed by atoms with Crippen LogP contribution in [0.5, 0.6) is 0 Å². The molecule has 0 fully saturated rings. The maximum absolute atomic E-state index is 13.4. The highest BCUT2D eigenvalue weighted by Gasteiger charge is 2.51. The van der Waals surface area contributed by atoms with E-state index in [-0.39, 0.29) is 11.3 Å². The highest BCUT2D eigenvalue weighted by molar-refractivity contribution is 6.23. The molecule has 0 radical (unpaired) electrons. The van der Waals surface area contributed by atoms with Gasteiger partial charge >= 0.3 is 12.1 Å². The minimum atomic E-state index is -4.53. The van der Waals surface area contributed by atoms with Crippen LogP contribution in [0.2, 0.25) is 0 Å². The van der Waals surface area contributed by atoms with Crippen LogP contribution in [0, 0.1) is 26.2 Å². The molecule has 0 N–H and O–H groups in total. The number of hydrogen-bond acceptors (Lipinski definition) is 5. The van der Waals surface area contributed by atoms with Gasteiger partial charge in [0.15, 0.2) is 6.79 Å². The van der Waals surface area contributed by atoms with Crippen molar-refractivity contribution in [3.05, 3.63) is 40.1 Å². The summed E-state index contributed by atoms with van der Waals surface area (Å²) in [5.74, 6) is -1.10. The van der Waals surface area contributed by atoms with Gasteiger partial charge in [0, 0.05) is 0 Å². The molecule has 0 atom stereocenters. The summed E-state index contributed by atoms with van der Waals surface area (Å²) in [4.78, 5) is 31.4. The molecule has 0 bridgehead atoms. The van der Waals surface area contributed by atoms with Gasteiger partial charge in [0.2, 0.25) is 0 Å². The summed E-state index contributed by atoms with van der Waals surface area (Å²) in [5.41, 5.74) is 1.18. The second kappa shape index (κ2) is 8.86. The molecule has 1 aliphatic rings. The van der Waals surface area contributed by atoms with Crippen molar-refractivity contribution in [2.24, 2.45) is 5.41 Å². The largest absolute Gasteiger partial charge is 0.427 e. The molecular weight excluding hydrogens is 427 g/mol. The number of carbonyl (C=O) groups is 2. The Hall–Kier alpha value is -2.39. The lowest BCUT2D eigenvalue weighted by Crippen LogP contribution is -2.45. The summed E-state index contributed by atoms with van der Waals surface area (Å²) < 4.78 is 47.4. The van der Waals surface area contributed by atoms with Crippen molar-refractivity contribution < 1.29 is 37.1 Å². The fourth-order valence-corrected chi connectivity index (χ4v) is 3.53. The molecule has 6 nitrogen and oxygen atoms in total. The third-order valence-corrected chi connectivity index (χ3v) is 4.95. The lowest BCUT2D eigenvalue weighted by molar-refractivity contribution is -0.265. The third kappa shape index (κ3) is 5.50. The number of carbonyl (C=O) groups excluding carboxylic acids is 2. The predicted molar refractivity (Wildman–Crippen MR) is 112 cm³/mol. The minimum absolute atomic E-state index is 0.0771. The molecule has 0 spiro atoms. The van der Waals surface area contributed by atoms with E-state index < -0.39 is 42.4 Å². The van der Waals surface area contributed by atoms with E-state index in [1.807, 2.05) is 32.9 Å². The number of alkyl halides is 3. The molecule has 9 heteroatoms. The highest BCUT2D eigenvalue weighted by atomic mass is 19.4. The fraction of sp³-hybridized carbons (Fsp3) is 0.565. The van der Waals surface area contributed by atoms with Gasteiger partial charge in [-0.2, -0.15) is 13.2 Å². The van der Waals surface area contributed by atoms with Crippen LogP contribution in [-0.4, -0.2) is 42.1 Å². The van der Waals surface area contributed by atoms with E-state index in [0.29, 0.717) is 5.56 Å². The summed E-state index contributed by atoms with van der Waals surface area (Å²) in [6.45, 7) is 11.5. The number of esters is 1. The Morgan fingerprint density at radius 1 is 1.06 bits per heavy atom. The summed E-state index contributed by atoms with van der Waals surface area (Å²) in [5, 5.41) is 0.905. The number of amides is 1. The average molecular weight is 457 g/mol. The first-order chi connectivity index (χ1) is 14.5. The van der Waals surface area contributed by atoms with Gasteiger partial charge in [-0.3, -0.25) is 9.59 Å². The van der Waals surface area contributed by atoms with Gasteiger partial charge in [0.1, 0.15) is 17.9 Å². The van der Waals surface area contributed by atoms with E-state index in [1.54, 1.807) is 34.6 Å². The number of hydrogen-bond donors (Lipinski definition) is 0. The summed E-state index contributed by atoms with van der Waals surface area (Å²) in [7, 11) is 0. The maximum Gasteiger partial charge on any atom is 0.411 e. The van der Waals surface area contributed by atoms with E-state index in [1.165, 1.54) is 0 Å². The number of ether oxygens (including phenoxy) is 2. The van der Waals surface area contributed by atoms with Gasteiger partial charge in [-0.15, -0.1) is 0 Å². The zero-order valence-electron chi connectivity index (χ0n) is 19.7. The van der Waals surface area contributed by atoms with Crippen LogP contribution in [0.3, 0.4) is 0 Å². The third-order valence-electron chi connectivity index (χ3n) is 4.95. The smallest absolute Gasteiger partial charge is 0.411 e. The molecule has 1 aromatic carbocycles. The van der Waals surface area contributed by atoms with Gasteiger partial charge in [-0.1, -0.05) is 17.7 Å². The Morgan fingerprint density at radius 2 is 1.59 bits per heavy atom. The quantitative estimate of drug-likeness (QED) is 0.342. The Bertz CT molecular complexity index is 919. The first-order valence-corrected chi connectivity index (χ1v) is 10.1. The summed E-state index contributed by atoms with van der Waals surface area (Å²) >= 11 is 0. The Morgan fingerprint density at radius 3 is 2.06 bits per heavy atom. The molecule has 2 rings (SSSR count). The molecule has 1 amide bonds. The zero-order valence-corrected chi connectivity index (χ0v) is 19.7. The first kappa shape index (κ1) is 25.9. The highest BCUT2D eigenvalue weighted by Crippen LogP contribution is 2.43. The van der Waals surface area contributed by atoms with Crippen molar-refractivity contribution >= 4 is 17.4 Å². The second-order valence-electron chi connectivity index (χ2n) is 9.49. The fourth-order valence-electron chi connectivity index (χ4n) is 3.53. The van der Waals surface area contributed by atoms with E-state index in [4.69, 9.17) is 9.57 Å². The van der Waals surface area contributed by atoms with Crippen LogP contribution in [0.1, 0.15) is 56.9 Å². The molecule has 0 saturated heterocycles. The van der Waals surface area contributed by atoms with Crippen LogP contribution in [0.25, 0.3) is 5.57 Å². The predicted octanol–water partition coefficient (Wildman–Crippen LogP) is 5.00. The number of nitrogens with zero attached hydrogens (tertiary/aromatic N) is 1. The number of hydroxylamine groups is 2. The van der Waals surface area contributed by atoms with Crippen LogP contribution in [-0.2, 0) is 23.9 Å².